The number of nitrogens with one attached hydrogen (secondary N) is 1. The van der Waals surface area contributed by atoms with Crippen molar-refractivity contribution in [1.29, 1.82) is 0 Å². The van der Waals surface area contributed by atoms with Gasteiger partial charge in [0.15, 0.2) is 0 Å². The third-order valence-electron chi connectivity index (χ3n) is 3.44. The fourth-order valence-corrected chi connectivity index (χ4v) is 2.88. The van der Waals surface area contributed by atoms with Crippen LogP contribution >= 0.6 is 0 Å². The van der Waals surface area contributed by atoms with Gasteiger partial charge in [-0.2, -0.15) is 0 Å². The third-order valence-corrected chi connectivity index (χ3v) is 5.13. The van der Waals surface area contributed by atoms with E-state index in [1.165, 1.54) is 11.0 Å². The van der Waals surface area contributed by atoms with Crippen LogP contribution in [0.2, 0.25) is 0 Å². The van der Waals surface area contributed by atoms with Gasteiger partial charge in [0, 0.05) is 42.8 Å². The van der Waals surface area contributed by atoms with E-state index in [4.69, 9.17) is 0 Å². The number of benzene rings is 1. The highest BCUT2D eigenvalue weighted by Gasteiger charge is 2.20. The molecule has 0 aliphatic heterocycles. The lowest BCUT2D eigenvalue weighted by molar-refractivity contribution is -0.128. The standard InChI is InChI=1S/C16H23FN2O3S/c1-11-7-8-13(10-14(11)17)18-16(21)12(2)23(22)9-5-6-15(20)19(3)4/h7-8,10,12H,5-6,9H2,1-4H3,(H,18,21)/t12-,23-/m0/s1. The largest absolute Gasteiger partial charge is 0.349 e. The SMILES string of the molecule is Cc1ccc(NC(=O)[C@H](C)[S@@](=O)CCCC(=O)N(C)C)cc1F. The van der Waals surface area contributed by atoms with Crippen molar-refractivity contribution in [2.24, 2.45) is 0 Å². The molecule has 0 fully saturated rings. The molecule has 0 saturated heterocycles. The van der Waals surface area contributed by atoms with Gasteiger partial charge in [0.1, 0.15) is 11.1 Å². The van der Waals surface area contributed by atoms with E-state index in [1.54, 1.807) is 40.1 Å². The molecule has 1 rings (SSSR count). The van der Waals surface area contributed by atoms with Crippen molar-refractivity contribution in [2.75, 3.05) is 25.2 Å². The van der Waals surface area contributed by atoms with Crippen molar-refractivity contribution in [1.82, 2.24) is 4.90 Å². The summed E-state index contributed by atoms with van der Waals surface area (Å²) in [6.45, 7) is 3.19. The number of anilines is 1. The van der Waals surface area contributed by atoms with Gasteiger partial charge in [-0.25, -0.2) is 4.39 Å². The van der Waals surface area contributed by atoms with Crippen LogP contribution in [0.1, 0.15) is 25.3 Å². The maximum Gasteiger partial charge on any atom is 0.239 e. The van der Waals surface area contributed by atoms with Gasteiger partial charge < -0.3 is 10.2 Å². The fourth-order valence-electron chi connectivity index (χ4n) is 1.80. The molecule has 2 atom stereocenters. The van der Waals surface area contributed by atoms with Crippen LogP contribution in [0, 0.1) is 12.7 Å². The highest BCUT2D eigenvalue weighted by molar-refractivity contribution is 7.86. The Bertz CT molecular complexity index is 605. The zero-order chi connectivity index (χ0) is 17.6. The van der Waals surface area contributed by atoms with Crippen molar-refractivity contribution in [2.45, 2.75) is 31.9 Å². The van der Waals surface area contributed by atoms with Crippen molar-refractivity contribution in [3.8, 4) is 0 Å². The summed E-state index contributed by atoms with van der Waals surface area (Å²) < 4.78 is 25.5. The van der Waals surface area contributed by atoms with Crippen LogP contribution in [-0.2, 0) is 20.4 Å². The molecule has 0 aromatic heterocycles. The Labute approximate surface area is 138 Å². The van der Waals surface area contributed by atoms with E-state index in [0.717, 1.165) is 0 Å². The van der Waals surface area contributed by atoms with Crippen molar-refractivity contribution >= 4 is 28.3 Å². The molecule has 7 heteroatoms. The fraction of sp³-hybridized carbons (Fsp3) is 0.500. The Morgan fingerprint density at radius 1 is 1.35 bits per heavy atom. The second-order valence-electron chi connectivity index (χ2n) is 5.57. The van der Waals surface area contributed by atoms with Crippen LogP contribution in [0.15, 0.2) is 18.2 Å². The zero-order valence-electron chi connectivity index (χ0n) is 13.9. The lowest BCUT2D eigenvalue weighted by atomic mass is 10.2. The first-order valence-electron chi connectivity index (χ1n) is 7.36. The minimum absolute atomic E-state index is 0.0331. The summed E-state index contributed by atoms with van der Waals surface area (Å²) in [7, 11) is 1.94. The van der Waals surface area contributed by atoms with Gasteiger partial charge >= 0.3 is 0 Å². The topological polar surface area (TPSA) is 66.5 Å². The quantitative estimate of drug-likeness (QED) is 0.825. The van der Waals surface area contributed by atoms with E-state index in [2.05, 4.69) is 5.32 Å². The van der Waals surface area contributed by atoms with Gasteiger partial charge in [-0.1, -0.05) is 6.07 Å². The van der Waals surface area contributed by atoms with Gasteiger partial charge in [0.2, 0.25) is 11.8 Å². The Hall–Kier alpha value is -1.76. The predicted molar refractivity (Wildman–Crippen MR) is 90.2 cm³/mol. The number of halogens is 1. The predicted octanol–water partition coefficient (Wildman–Crippen LogP) is 2.08. The van der Waals surface area contributed by atoms with Crippen molar-refractivity contribution < 1.29 is 18.2 Å². The highest BCUT2D eigenvalue weighted by atomic mass is 32.2. The van der Waals surface area contributed by atoms with Crippen molar-refractivity contribution in [3.63, 3.8) is 0 Å². The Kier molecular flexibility index (Phi) is 7.35. The smallest absolute Gasteiger partial charge is 0.239 e. The second-order valence-corrected chi connectivity index (χ2v) is 7.45. The van der Waals surface area contributed by atoms with E-state index < -0.39 is 27.8 Å². The minimum Gasteiger partial charge on any atom is -0.349 e. The molecule has 0 unspecified atom stereocenters. The molecule has 1 N–H and O–H groups in total. The molecule has 128 valence electrons. The molecule has 1 aromatic carbocycles. The molecule has 23 heavy (non-hydrogen) atoms. The molecule has 2 amide bonds. The van der Waals surface area contributed by atoms with Crippen LogP contribution in [0.4, 0.5) is 10.1 Å². The zero-order valence-corrected chi connectivity index (χ0v) is 14.7. The first-order valence-corrected chi connectivity index (χ1v) is 8.75. The summed E-state index contributed by atoms with van der Waals surface area (Å²) in [5.74, 6) is -0.588. The number of hydrogen-bond acceptors (Lipinski definition) is 3. The monoisotopic (exact) mass is 342 g/mol. The number of hydrogen-bond donors (Lipinski definition) is 1. The molecule has 5 nitrogen and oxygen atoms in total. The van der Waals surface area contributed by atoms with Gasteiger partial charge in [0.25, 0.3) is 0 Å². The van der Waals surface area contributed by atoms with Crippen LogP contribution < -0.4 is 5.32 Å². The number of carbonyl (C=O) groups is 2. The van der Waals surface area contributed by atoms with Crippen LogP contribution in [0.5, 0.6) is 0 Å². The summed E-state index contributed by atoms with van der Waals surface area (Å²) >= 11 is 0. The first-order chi connectivity index (χ1) is 10.7. The van der Waals surface area contributed by atoms with E-state index in [1.807, 2.05) is 0 Å². The molecule has 0 saturated carbocycles. The number of rotatable bonds is 7. The third kappa shape index (κ3) is 6.09. The van der Waals surface area contributed by atoms with E-state index in [-0.39, 0.29) is 11.7 Å². The van der Waals surface area contributed by atoms with E-state index >= 15 is 0 Å². The molecule has 0 aliphatic rings. The van der Waals surface area contributed by atoms with Crippen LogP contribution in [0.25, 0.3) is 0 Å². The first kappa shape index (κ1) is 19.3. The van der Waals surface area contributed by atoms with Crippen molar-refractivity contribution in [3.05, 3.63) is 29.6 Å². The molecule has 0 heterocycles. The molecule has 0 radical (unpaired) electrons. The van der Waals surface area contributed by atoms with Crippen LogP contribution in [0.3, 0.4) is 0 Å². The van der Waals surface area contributed by atoms with E-state index in [0.29, 0.717) is 24.1 Å². The van der Waals surface area contributed by atoms with Gasteiger partial charge in [-0.3, -0.25) is 13.8 Å². The molecule has 0 bridgehead atoms. The maximum absolute atomic E-state index is 13.4. The van der Waals surface area contributed by atoms with Gasteiger partial charge in [-0.05, 0) is 38.0 Å². The van der Waals surface area contributed by atoms with Gasteiger partial charge in [0.05, 0.1) is 0 Å². The number of amides is 2. The number of nitrogens with zero attached hydrogens (tertiary/aromatic N) is 1. The number of carbonyl (C=O) groups excluding carboxylic acids is 2. The number of aryl methyl sites for hydroxylation is 1. The normalized spacial score (nSPS) is 13.3. The van der Waals surface area contributed by atoms with Crippen LogP contribution in [-0.4, -0.2) is 46.0 Å². The second kappa shape index (κ2) is 8.76. The maximum atomic E-state index is 13.4. The Balaban J connectivity index is 2.50. The average molecular weight is 342 g/mol. The molecule has 1 aromatic rings. The Morgan fingerprint density at radius 3 is 2.57 bits per heavy atom. The lowest BCUT2D eigenvalue weighted by Gasteiger charge is -2.13. The molecular formula is C16H23FN2O3S. The average Bonchev–Trinajstić information content (AvgIpc) is 2.49. The molecule has 0 spiro atoms. The van der Waals surface area contributed by atoms with E-state index in [9.17, 15) is 18.2 Å². The van der Waals surface area contributed by atoms with Gasteiger partial charge in [-0.15, -0.1) is 0 Å². The Morgan fingerprint density at radius 2 is 2.00 bits per heavy atom. The minimum atomic E-state index is -1.38. The summed E-state index contributed by atoms with van der Waals surface area (Å²) in [5, 5.41) is 1.83. The molecular weight excluding hydrogens is 319 g/mol. The highest BCUT2D eigenvalue weighted by Crippen LogP contribution is 2.14. The summed E-state index contributed by atoms with van der Waals surface area (Å²) in [6.07, 6.45) is 0.761. The summed E-state index contributed by atoms with van der Waals surface area (Å²) in [5.41, 5.74) is 0.829. The lowest BCUT2D eigenvalue weighted by Crippen LogP contribution is -2.30. The molecule has 0 aliphatic carbocycles. The summed E-state index contributed by atoms with van der Waals surface area (Å²) in [6, 6.07) is 4.40. The summed E-state index contributed by atoms with van der Waals surface area (Å²) in [4.78, 5) is 25.0.